The normalized spacial score (nSPS) is 10.0. The molecule has 0 bridgehead atoms. The van der Waals surface area contributed by atoms with Crippen molar-refractivity contribution in [2.24, 2.45) is 0 Å². The topological polar surface area (TPSA) is 63.2 Å². The molecule has 0 atom stereocenters. The Hall–Kier alpha value is -1.73. The molecule has 1 aromatic heterocycles. The molecule has 5 nitrogen and oxygen atoms in total. The van der Waals surface area contributed by atoms with Crippen LogP contribution in [0.5, 0.6) is 5.88 Å². The Morgan fingerprint density at radius 3 is 2.76 bits per heavy atom. The van der Waals surface area contributed by atoms with Crippen LogP contribution in [-0.4, -0.2) is 23.9 Å². The molecule has 0 radical (unpaired) electrons. The molecule has 21 heavy (non-hydrogen) atoms. The van der Waals surface area contributed by atoms with Gasteiger partial charge in [0.1, 0.15) is 5.82 Å². The van der Waals surface area contributed by atoms with Crippen molar-refractivity contribution >= 4 is 39.6 Å². The van der Waals surface area contributed by atoms with Crippen molar-refractivity contribution in [2.45, 2.75) is 0 Å². The van der Waals surface area contributed by atoms with E-state index in [-0.39, 0.29) is 5.91 Å². The third-order valence-electron chi connectivity index (χ3n) is 2.53. The number of hydrogen-bond acceptors (Lipinski definition) is 5. The third-order valence-corrected chi connectivity index (χ3v) is 3.76. The van der Waals surface area contributed by atoms with Crippen LogP contribution >= 0.6 is 27.9 Å². The summed E-state index contributed by atoms with van der Waals surface area (Å²) in [5.74, 6) is 1.56. The molecule has 0 aliphatic rings. The molecule has 2 N–H and O–H groups in total. The lowest BCUT2D eigenvalue weighted by atomic mass is 10.2. The highest BCUT2D eigenvalue weighted by atomic mass is 79.9. The van der Waals surface area contributed by atoms with Gasteiger partial charge in [0.25, 0.3) is 5.91 Å². The molecule has 0 spiro atoms. The number of nitrogens with zero attached hydrogens (tertiary/aromatic N) is 1. The highest BCUT2D eigenvalue weighted by molar-refractivity contribution is 9.10. The minimum Gasteiger partial charge on any atom is -0.480 e. The quantitative estimate of drug-likeness (QED) is 0.465. The van der Waals surface area contributed by atoms with E-state index in [2.05, 4.69) is 31.0 Å². The zero-order chi connectivity index (χ0) is 15.1. The molecule has 0 saturated heterocycles. The van der Waals surface area contributed by atoms with Crippen molar-refractivity contribution in [3.63, 3.8) is 0 Å². The SMILES string of the molecule is COc1nc(NCSNC(=O)c2ccccc2)ccc1Br. The number of carbonyl (C=O) groups excluding carboxylic acids is 1. The van der Waals surface area contributed by atoms with Gasteiger partial charge in [-0.2, -0.15) is 4.98 Å². The summed E-state index contributed by atoms with van der Waals surface area (Å²) in [6.45, 7) is 0. The summed E-state index contributed by atoms with van der Waals surface area (Å²) in [5.41, 5.74) is 0.633. The van der Waals surface area contributed by atoms with Gasteiger partial charge in [-0.05, 0) is 52.1 Å². The van der Waals surface area contributed by atoms with Crippen LogP contribution in [-0.2, 0) is 0 Å². The summed E-state index contributed by atoms with van der Waals surface area (Å²) in [7, 11) is 1.56. The summed E-state index contributed by atoms with van der Waals surface area (Å²) in [4.78, 5) is 16.1. The molecule has 7 heteroatoms. The Bertz CT molecular complexity index is 610. The van der Waals surface area contributed by atoms with Crippen molar-refractivity contribution in [1.29, 1.82) is 0 Å². The lowest BCUT2D eigenvalue weighted by molar-refractivity contribution is 0.0984. The third kappa shape index (κ3) is 4.64. The van der Waals surface area contributed by atoms with E-state index in [1.165, 1.54) is 11.9 Å². The highest BCUT2D eigenvalue weighted by Gasteiger charge is 2.05. The first kappa shape index (κ1) is 15.7. The fourth-order valence-electron chi connectivity index (χ4n) is 1.53. The van der Waals surface area contributed by atoms with E-state index < -0.39 is 0 Å². The number of pyridine rings is 1. The maximum absolute atomic E-state index is 11.8. The van der Waals surface area contributed by atoms with Gasteiger partial charge in [-0.15, -0.1) is 0 Å². The van der Waals surface area contributed by atoms with E-state index in [0.29, 0.717) is 23.1 Å². The molecule has 0 aliphatic heterocycles. The van der Waals surface area contributed by atoms with E-state index in [4.69, 9.17) is 4.74 Å². The van der Waals surface area contributed by atoms with Crippen molar-refractivity contribution in [3.8, 4) is 5.88 Å². The standard InChI is InChI=1S/C14H14BrN3O2S/c1-20-14-11(15)7-8-12(17-14)16-9-21-18-13(19)10-5-3-2-4-6-10/h2-8H,9H2,1H3,(H,16,17)(H,18,19). The number of nitrogens with one attached hydrogen (secondary N) is 2. The largest absolute Gasteiger partial charge is 0.480 e. The number of amides is 1. The van der Waals surface area contributed by atoms with Crippen LogP contribution in [0.15, 0.2) is 46.9 Å². The zero-order valence-electron chi connectivity index (χ0n) is 11.3. The monoisotopic (exact) mass is 367 g/mol. The molecule has 0 unspecified atom stereocenters. The van der Waals surface area contributed by atoms with Gasteiger partial charge in [0.2, 0.25) is 5.88 Å². The van der Waals surface area contributed by atoms with Gasteiger partial charge in [-0.1, -0.05) is 18.2 Å². The van der Waals surface area contributed by atoms with Crippen LogP contribution in [0.4, 0.5) is 5.82 Å². The molecule has 2 rings (SSSR count). The van der Waals surface area contributed by atoms with Gasteiger partial charge in [0.15, 0.2) is 0 Å². The molecule has 1 aromatic carbocycles. The predicted molar refractivity (Wildman–Crippen MR) is 88.5 cm³/mol. The van der Waals surface area contributed by atoms with Crippen LogP contribution in [0.3, 0.4) is 0 Å². The molecule has 110 valence electrons. The zero-order valence-corrected chi connectivity index (χ0v) is 13.7. The fourth-order valence-corrected chi connectivity index (χ4v) is 2.45. The second kappa shape index (κ2) is 7.90. The van der Waals surface area contributed by atoms with Crippen LogP contribution in [0.25, 0.3) is 0 Å². The molecule has 0 saturated carbocycles. The van der Waals surface area contributed by atoms with Crippen molar-refractivity contribution in [2.75, 3.05) is 18.3 Å². The van der Waals surface area contributed by atoms with Gasteiger partial charge in [0, 0.05) is 5.56 Å². The first-order chi connectivity index (χ1) is 10.2. The number of aromatic nitrogens is 1. The Kier molecular flexibility index (Phi) is 5.89. The van der Waals surface area contributed by atoms with Crippen LogP contribution in [0.1, 0.15) is 10.4 Å². The molecule has 0 fully saturated rings. The maximum atomic E-state index is 11.8. The van der Waals surface area contributed by atoms with Gasteiger partial charge in [0.05, 0.1) is 17.5 Å². The van der Waals surface area contributed by atoms with Crippen molar-refractivity contribution < 1.29 is 9.53 Å². The lowest BCUT2D eigenvalue weighted by Gasteiger charge is -2.08. The van der Waals surface area contributed by atoms with Gasteiger partial charge in [-0.3, -0.25) is 9.52 Å². The number of halogens is 1. The average molecular weight is 368 g/mol. The number of benzene rings is 1. The van der Waals surface area contributed by atoms with Crippen LogP contribution in [0, 0.1) is 0 Å². The van der Waals surface area contributed by atoms with E-state index in [1.54, 1.807) is 19.2 Å². The van der Waals surface area contributed by atoms with Crippen molar-refractivity contribution in [3.05, 3.63) is 52.5 Å². The molecule has 2 aromatic rings. The lowest BCUT2D eigenvalue weighted by Crippen LogP contribution is -2.18. The second-order valence-electron chi connectivity index (χ2n) is 3.95. The van der Waals surface area contributed by atoms with Crippen molar-refractivity contribution in [1.82, 2.24) is 9.71 Å². The van der Waals surface area contributed by atoms with Gasteiger partial charge in [-0.25, -0.2) is 0 Å². The number of methoxy groups -OCH3 is 1. The Labute approximate surface area is 135 Å². The van der Waals surface area contributed by atoms with E-state index >= 15 is 0 Å². The Morgan fingerprint density at radius 2 is 2.05 bits per heavy atom. The van der Waals surface area contributed by atoms with Gasteiger partial charge < -0.3 is 10.1 Å². The molecular formula is C14H14BrN3O2S. The summed E-state index contributed by atoms with van der Waals surface area (Å²) in [6, 6.07) is 12.7. The van der Waals surface area contributed by atoms with E-state index in [9.17, 15) is 4.79 Å². The summed E-state index contributed by atoms with van der Waals surface area (Å²) < 4.78 is 8.66. The Balaban J connectivity index is 1.78. The number of rotatable bonds is 6. The minimum absolute atomic E-state index is 0.122. The fraction of sp³-hybridized carbons (Fsp3) is 0.143. The molecule has 0 aliphatic carbocycles. The van der Waals surface area contributed by atoms with Crippen LogP contribution in [0.2, 0.25) is 0 Å². The second-order valence-corrected chi connectivity index (χ2v) is 5.59. The number of anilines is 1. The van der Waals surface area contributed by atoms with Gasteiger partial charge >= 0.3 is 0 Å². The number of ether oxygens (including phenoxy) is 1. The predicted octanol–water partition coefficient (Wildman–Crippen LogP) is 3.30. The summed E-state index contributed by atoms with van der Waals surface area (Å²) in [5, 5.41) is 3.09. The molecular weight excluding hydrogens is 354 g/mol. The highest BCUT2D eigenvalue weighted by Crippen LogP contribution is 2.23. The van der Waals surface area contributed by atoms with E-state index in [0.717, 1.165) is 4.47 Å². The molecule has 1 heterocycles. The van der Waals surface area contributed by atoms with Crippen LogP contribution < -0.4 is 14.8 Å². The first-order valence-corrected chi connectivity index (χ1v) is 7.90. The Morgan fingerprint density at radius 1 is 1.29 bits per heavy atom. The summed E-state index contributed by atoms with van der Waals surface area (Å²) in [6.07, 6.45) is 0. The maximum Gasteiger partial charge on any atom is 0.261 e. The number of hydrogen-bond donors (Lipinski definition) is 2. The number of carbonyl (C=O) groups is 1. The average Bonchev–Trinajstić information content (AvgIpc) is 2.53. The summed E-state index contributed by atoms with van der Waals surface area (Å²) >= 11 is 4.61. The first-order valence-electron chi connectivity index (χ1n) is 6.12. The smallest absolute Gasteiger partial charge is 0.261 e. The molecule has 1 amide bonds. The minimum atomic E-state index is -0.122. The van der Waals surface area contributed by atoms with E-state index in [1.807, 2.05) is 30.3 Å².